The number of carboxylic acid groups (broad SMARTS) is 1. The second-order valence-corrected chi connectivity index (χ2v) is 3.71. The first kappa shape index (κ1) is 9.52. The smallest absolute Gasteiger partial charge is 0.315 e. The highest BCUT2D eigenvalue weighted by Gasteiger charge is 2.49. The Balaban J connectivity index is 2.53. The van der Waals surface area contributed by atoms with Crippen molar-refractivity contribution in [3.63, 3.8) is 0 Å². The number of aromatic amines is 1. The van der Waals surface area contributed by atoms with Crippen LogP contribution in [0.5, 0.6) is 0 Å². The third-order valence-corrected chi connectivity index (χ3v) is 3.00. The topological polar surface area (TPSA) is 116 Å². The van der Waals surface area contributed by atoms with Crippen molar-refractivity contribution in [3.05, 3.63) is 11.3 Å². The molecule has 1 saturated carbocycles. The highest BCUT2D eigenvalue weighted by Crippen LogP contribution is 2.44. The Labute approximate surface area is 85.7 Å². The zero-order valence-corrected chi connectivity index (χ0v) is 7.95. The summed E-state index contributed by atoms with van der Waals surface area (Å²) in [6, 6.07) is 1.89. The quantitative estimate of drug-likeness (QED) is 0.646. The van der Waals surface area contributed by atoms with Crippen molar-refractivity contribution in [2.24, 2.45) is 0 Å². The van der Waals surface area contributed by atoms with Gasteiger partial charge < -0.3 is 10.8 Å². The molecule has 0 saturated heterocycles. The Morgan fingerprint density at radius 3 is 2.73 bits per heavy atom. The summed E-state index contributed by atoms with van der Waals surface area (Å²) in [5.41, 5.74) is 5.01. The number of hydrogen-bond acceptors (Lipinski definition) is 4. The summed E-state index contributed by atoms with van der Waals surface area (Å²) in [4.78, 5) is 11.2. The minimum Gasteiger partial charge on any atom is -0.481 e. The number of nitrogens with two attached hydrogens (primary N) is 1. The van der Waals surface area contributed by atoms with Gasteiger partial charge in [-0.05, 0) is 12.8 Å². The van der Waals surface area contributed by atoms with Crippen LogP contribution in [-0.4, -0.2) is 21.3 Å². The van der Waals surface area contributed by atoms with Crippen LogP contribution in [-0.2, 0) is 10.2 Å². The van der Waals surface area contributed by atoms with E-state index in [4.69, 9.17) is 16.1 Å². The van der Waals surface area contributed by atoms with Crippen molar-refractivity contribution in [1.82, 2.24) is 10.2 Å². The molecule has 1 aliphatic carbocycles. The highest BCUT2D eigenvalue weighted by atomic mass is 16.4. The number of nitrogen functional groups attached to an aromatic ring is 1. The van der Waals surface area contributed by atoms with Crippen LogP contribution in [0.1, 0.15) is 30.5 Å². The van der Waals surface area contributed by atoms with E-state index in [0.717, 1.165) is 6.42 Å². The molecule has 0 amide bonds. The monoisotopic (exact) mass is 206 g/mol. The Morgan fingerprint density at radius 2 is 2.33 bits per heavy atom. The molecule has 1 aliphatic rings. The molecule has 0 unspecified atom stereocenters. The first-order valence-electron chi connectivity index (χ1n) is 4.59. The van der Waals surface area contributed by atoms with Crippen LogP contribution >= 0.6 is 0 Å². The maximum atomic E-state index is 11.2. The van der Waals surface area contributed by atoms with Crippen molar-refractivity contribution >= 4 is 11.8 Å². The SMILES string of the molecule is N#Cc1c(N)n[nH]c1C1(C(=O)O)CCC1. The first-order chi connectivity index (χ1) is 7.12. The zero-order valence-electron chi connectivity index (χ0n) is 7.95. The van der Waals surface area contributed by atoms with Gasteiger partial charge in [-0.1, -0.05) is 6.42 Å². The Morgan fingerprint density at radius 1 is 1.67 bits per heavy atom. The average Bonchev–Trinajstić information content (AvgIpc) is 2.45. The van der Waals surface area contributed by atoms with E-state index >= 15 is 0 Å². The predicted molar refractivity (Wildman–Crippen MR) is 50.9 cm³/mol. The number of rotatable bonds is 2. The fourth-order valence-corrected chi connectivity index (χ4v) is 1.92. The Kier molecular flexibility index (Phi) is 1.89. The van der Waals surface area contributed by atoms with Gasteiger partial charge in [0.2, 0.25) is 0 Å². The van der Waals surface area contributed by atoms with Gasteiger partial charge in [-0.25, -0.2) is 0 Å². The molecule has 1 aromatic heterocycles. The van der Waals surface area contributed by atoms with Gasteiger partial charge >= 0.3 is 5.97 Å². The Bertz CT molecular complexity index is 453. The summed E-state index contributed by atoms with van der Waals surface area (Å²) in [5.74, 6) is -0.853. The summed E-state index contributed by atoms with van der Waals surface area (Å²) in [5, 5.41) is 24.3. The normalized spacial score (nSPS) is 17.8. The van der Waals surface area contributed by atoms with E-state index in [-0.39, 0.29) is 11.4 Å². The van der Waals surface area contributed by atoms with E-state index < -0.39 is 11.4 Å². The van der Waals surface area contributed by atoms with E-state index in [2.05, 4.69) is 10.2 Å². The lowest BCUT2D eigenvalue weighted by Crippen LogP contribution is -2.43. The maximum Gasteiger partial charge on any atom is 0.315 e. The first-order valence-corrected chi connectivity index (χ1v) is 4.59. The lowest BCUT2D eigenvalue weighted by atomic mass is 9.66. The molecule has 6 nitrogen and oxygen atoms in total. The number of aromatic nitrogens is 2. The summed E-state index contributed by atoms with van der Waals surface area (Å²) >= 11 is 0. The molecule has 1 aromatic rings. The van der Waals surface area contributed by atoms with Gasteiger partial charge in [-0.3, -0.25) is 9.89 Å². The van der Waals surface area contributed by atoms with Gasteiger partial charge in [0, 0.05) is 0 Å². The number of nitrogens with one attached hydrogen (secondary N) is 1. The number of H-pyrrole nitrogens is 1. The molecule has 6 heteroatoms. The van der Waals surface area contributed by atoms with Gasteiger partial charge in [-0.2, -0.15) is 10.4 Å². The van der Waals surface area contributed by atoms with Crippen molar-refractivity contribution in [2.75, 3.05) is 5.73 Å². The number of hydrogen-bond donors (Lipinski definition) is 3. The minimum atomic E-state index is -0.977. The van der Waals surface area contributed by atoms with E-state index in [1.807, 2.05) is 6.07 Å². The third-order valence-electron chi connectivity index (χ3n) is 3.00. The summed E-state index contributed by atoms with van der Waals surface area (Å²) < 4.78 is 0. The number of nitriles is 1. The molecule has 4 N–H and O–H groups in total. The molecule has 1 fully saturated rings. The molecule has 1 heterocycles. The van der Waals surface area contributed by atoms with E-state index in [0.29, 0.717) is 18.5 Å². The molecule has 2 rings (SSSR count). The lowest BCUT2D eigenvalue weighted by Gasteiger charge is -2.36. The van der Waals surface area contributed by atoms with Gasteiger partial charge in [0.15, 0.2) is 5.82 Å². The minimum absolute atomic E-state index is 0.0695. The second kappa shape index (κ2) is 2.98. The van der Waals surface area contributed by atoms with Gasteiger partial charge in [0.05, 0.1) is 5.69 Å². The number of anilines is 1. The largest absolute Gasteiger partial charge is 0.481 e. The maximum absolute atomic E-state index is 11.2. The number of nitrogens with zero attached hydrogens (tertiary/aromatic N) is 2. The third kappa shape index (κ3) is 1.09. The number of aliphatic carboxylic acids is 1. The summed E-state index contributed by atoms with van der Waals surface area (Å²) in [6.45, 7) is 0. The fourth-order valence-electron chi connectivity index (χ4n) is 1.92. The van der Waals surface area contributed by atoms with Crippen LogP contribution in [0.2, 0.25) is 0 Å². The van der Waals surface area contributed by atoms with E-state index in [9.17, 15) is 4.79 Å². The molecule has 0 radical (unpaired) electrons. The van der Waals surface area contributed by atoms with Crippen molar-refractivity contribution < 1.29 is 9.90 Å². The standard InChI is InChI=1S/C9H10N4O2/c10-4-5-6(12-13-7(5)11)9(8(14)15)2-1-3-9/h1-3H2,(H,14,15)(H3,11,12,13). The van der Waals surface area contributed by atoms with Crippen molar-refractivity contribution in [3.8, 4) is 6.07 Å². The molecule has 0 aliphatic heterocycles. The molecular formula is C9H10N4O2. The zero-order chi connectivity index (χ0) is 11.1. The molecule has 0 bridgehead atoms. The van der Waals surface area contributed by atoms with Crippen LogP contribution in [0.25, 0.3) is 0 Å². The second-order valence-electron chi connectivity index (χ2n) is 3.71. The van der Waals surface area contributed by atoms with Gasteiger partial charge in [0.25, 0.3) is 0 Å². The van der Waals surface area contributed by atoms with Gasteiger partial charge in [-0.15, -0.1) is 0 Å². The Hall–Kier alpha value is -2.03. The van der Waals surface area contributed by atoms with Crippen LogP contribution in [0.15, 0.2) is 0 Å². The van der Waals surface area contributed by atoms with E-state index in [1.165, 1.54) is 0 Å². The molecule has 15 heavy (non-hydrogen) atoms. The van der Waals surface area contributed by atoms with Crippen LogP contribution < -0.4 is 5.73 Å². The summed E-state index contributed by atoms with van der Waals surface area (Å²) in [7, 11) is 0. The lowest BCUT2D eigenvalue weighted by molar-refractivity contribution is -0.147. The van der Waals surface area contributed by atoms with Crippen LogP contribution in [0.4, 0.5) is 5.82 Å². The van der Waals surface area contributed by atoms with Crippen LogP contribution in [0.3, 0.4) is 0 Å². The van der Waals surface area contributed by atoms with Crippen molar-refractivity contribution in [2.45, 2.75) is 24.7 Å². The number of carboxylic acids is 1. The molecule has 0 aromatic carbocycles. The molecule has 0 atom stereocenters. The highest BCUT2D eigenvalue weighted by molar-refractivity contribution is 5.83. The predicted octanol–water partition coefficient (Wildman–Crippen LogP) is 0.370. The summed E-state index contributed by atoms with van der Waals surface area (Å²) in [6.07, 6.45) is 1.90. The average molecular weight is 206 g/mol. The van der Waals surface area contributed by atoms with E-state index in [1.54, 1.807) is 0 Å². The fraction of sp³-hybridized carbons (Fsp3) is 0.444. The van der Waals surface area contributed by atoms with Crippen LogP contribution in [0, 0.1) is 11.3 Å². The molecule has 78 valence electrons. The van der Waals surface area contributed by atoms with Gasteiger partial charge in [0.1, 0.15) is 17.0 Å². The number of carbonyl (C=O) groups is 1. The van der Waals surface area contributed by atoms with Crippen molar-refractivity contribution in [1.29, 1.82) is 5.26 Å². The molecular weight excluding hydrogens is 196 g/mol. The molecule has 0 spiro atoms.